The van der Waals surface area contributed by atoms with Crippen LogP contribution in [0, 0.1) is 6.92 Å². The quantitative estimate of drug-likeness (QED) is 0.334. The van der Waals surface area contributed by atoms with Crippen molar-refractivity contribution in [1.29, 1.82) is 0 Å². The van der Waals surface area contributed by atoms with Gasteiger partial charge in [0.15, 0.2) is 0 Å². The summed E-state index contributed by atoms with van der Waals surface area (Å²) in [4.78, 5) is 13.5. The summed E-state index contributed by atoms with van der Waals surface area (Å²) in [5.41, 5.74) is 4.51. The Morgan fingerprint density at radius 1 is 1.08 bits per heavy atom. The molecule has 0 bridgehead atoms. The summed E-state index contributed by atoms with van der Waals surface area (Å²) in [6, 6.07) is 19.8. The van der Waals surface area contributed by atoms with Gasteiger partial charge in [0.2, 0.25) is 5.95 Å². The smallest absolute Gasteiger partial charge is 0.255 e. The minimum absolute atomic E-state index is 0.254. The maximum atomic E-state index is 13.5. The molecule has 1 aromatic heterocycles. The lowest BCUT2D eigenvalue weighted by molar-refractivity contribution is -0.113. The van der Waals surface area contributed by atoms with Gasteiger partial charge in [-0.05, 0) is 71.8 Å². The molecule has 0 aliphatic carbocycles. The Kier molecular flexibility index (Phi) is 6.63. The minimum Gasteiger partial charge on any atom is -0.489 e. The Morgan fingerprint density at radius 2 is 1.92 bits per heavy atom. The highest BCUT2D eigenvalue weighted by molar-refractivity contribution is 6.35. The minimum atomic E-state index is -0.566. The van der Waals surface area contributed by atoms with Crippen molar-refractivity contribution in [3.05, 3.63) is 105 Å². The van der Waals surface area contributed by atoms with Crippen molar-refractivity contribution in [2.75, 3.05) is 10.6 Å². The molecule has 1 aliphatic rings. The molecule has 5 rings (SSSR count). The highest BCUT2D eigenvalue weighted by Crippen LogP contribution is 2.36. The lowest BCUT2D eigenvalue weighted by atomic mass is 9.94. The van der Waals surface area contributed by atoms with Gasteiger partial charge < -0.3 is 15.4 Å². The zero-order chi connectivity index (χ0) is 25.2. The molecular formula is C26H22Cl2N6O2. The average molecular weight is 521 g/mol. The Morgan fingerprint density at radius 3 is 2.72 bits per heavy atom. The molecule has 2 N–H and O–H groups in total. The molecule has 36 heavy (non-hydrogen) atoms. The van der Waals surface area contributed by atoms with E-state index >= 15 is 0 Å². The molecule has 0 saturated carbocycles. The number of carbonyl (C=O) groups excluding carboxylic acids is 1. The van der Waals surface area contributed by atoms with Gasteiger partial charge in [-0.15, -0.1) is 0 Å². The van der Waals surface area contributed by atoms with E-state index in [1.54, 1.807) is 16.8 Å². The number of tetrazole rings is 1. The lowest BCUT2D eigenvalue weighted by Gasteiger charge is -2.28. The fourth-order valence-corrected chi connectivity index (χ4v) is 4.57. The summed E-state index contributed by atoms with van der Waals surface area (Å²) in [5.74, 6) is 0.808. The van der Waals surface area contributed by atoms with Gasteiger partial charge in [-0.1, -0.05) is 58.6 Å². The summed E-state index contributed by atoms with van der Waals surface area (Å²) in [6.07, 6.45) is 0. The van der Waals surface area contributed by atoms with Crippen LogP contribution < -0.4 is 15.4 Å². The van der Waals surface area contributed by atoms with Gasteiger partial charge in [-0.2, -0.15) is 4.68 Å². The van der Waals surface area contributed by atoms with Crippen LogP contribution in [-0.2, 0) is 11.4 Å². The van der Waals surface area contributed by atoms with Gasteiger partial charge in [0, 0.05) is 27.0 Å². The third-order valence-corrected chi connectivity index (χ3v) is 6.40. The largest absolute Gasteiger partial charge is 0.489 e. The van der Waals surface area contributed by atoms with Crippen LogP contribution in [-0.4, -0.2) is 26.1 Å². The third-order valence-electron chi connectivity index (χ3n) is 5.82. The number of nitrogens with zero attached hydrogens (tertiary/aromatic N) is 4. The number of allylic oxidation sites excluding steroid dienone is 1. The zero-order valence-electron chi connectivity index (χ0n) is 19.5. The number of rotatable bonds is 6. The predicted molar refractivity (Wildman–Crippen MR) is 139 cm³/mol. The van der Waals surface area contributed by atoms with E-state index in [0.717, 1.165) is 16.7 Å². The average Bonchev–Trinajstić information content (AvgIpc) is 3.31. The molecule has 3 aromatic carbocycles. The van der Waals surface area contributed by atoms with Crippen molar-refractivity contribution < 1.29 is 9.53 Å². The number of hydrogen-bond donors (Lipinski definition) is 2. The number of aryl methyl sites for hydroxylation is 1. The van der Waals surface area contributed by atoms with E-state index in [4.69, 9.17) is 27.9 Å². The summed E-state index contributed by atoms with van der Waals surface area (Å²) in [7, 11) is 0. The van der Waals surface area contributed by atoms with E-state index in [0.29, 0.717) is 38.7 Å². The molecule has 1 amide bonds. The van der Waals surface area contributed by atoms with Crippen LogP contribution in [0.1, 0.15) is 29.7 Å². The van der Waals surface area contributed by atoms with E-state index in [9.17, 15) is 4.79 Å². The SMILES string of the molecule is CC1=C(C(=O)Nc2cccc(C)c2)C(c2cccc(OCc3ccc(Cl)cc3Cl)c2)n2nnnc2N1. The molecule has 0 fully saturated rings. The number of hydrogen-bond acceptors (Lipinski definition) is 6. The highest BCUT2D eigenvalue weighted by atomic mass is 35.5. The van der Waals surface area contributed by atoms with Crippen molar-refractivity contribution in [2.24, 2.45) is 0 Å². The predicted octanol–water partition coefficient (Wildman–Crippen LogP) is 5.79. The number of amides is 1. The van der Waals surface area contributed by atoms with E-state index in [-0.39, 0.29) is 12.5 Å². The standard InChI is InChI=1S/C26H22Cl2N6O2/c1-15-5-3-7-20(11-15)30-25(35)23-16(2)29-26-31-32-33-34(26)24(23)17-6-4-8-21(12-17)36-14-18-9-10-19(27)13-22(18)28/h3-13,24H,14H2,1-2H3,(H,30,35)(H,29,31,33). The summed E-state index contributed by atoms with van der Waals surface area (Å²) < 4.78 is 7.62. The molecule has 0 spiro atoms. The maximum Gasteiger partial charge on any atom is 0.255 e. The van der Waals surface area contributed by atoms with E-state index in [2.05, 4.69) is 26.2 Å². The van der Waals surface area contributed by atoms with Crippen molar-refractivity contribution in [2.45, 2.75) is 26.5 Å². The number of anilines is 2. The Labute approximate surface area is 217 Å². The summed E-state index contributed by atoms with van der Waals surface area (Å²) >= 11 is 12.3. The number of nitrogens with one attached hydrogen (secondary N) is 2. The van der Waals surface area contributed by atoms with Crippen LogP contribution in [0.15, 0.2) is 78.0 Å². The second-order valence-corrected chi connectivity index (χ2v) is 9.28. The Hall–Kier alpha value is -3.88. The molecule has 182 valence electrons. The van der Waals surface area contributed by atoms with Crippen molar-refractivity contribution in [3.63, 3.8) is 0 Å². The molecule has 4 aromatic rings. The molecule has 1 atom stereocenters. The van der Waals surface area contributed by atoms with Gasteiger partial charge in [-0.25, -0.2) is 0 Å². The van der Waals surface area contributed by atoms with Gasteiger partial charge in [0.1, 0.15) is 18.4 Å². The first-order valence-electron chi connectivity index (χ1n) is 11.2. The Bertz CT molecular complexity index is 1480. The molecule has 10 heteroatoms. The number of benzene rings is 3. The molecular weight excluding hydrogens is 499 g/mol. The molecule has 1 aliphatic heterocycles. The third kappa shape index (κ3) is 4.91. The van der Waals surface area contributed by atoms with Crippen LogP contribution >= 0.6 is 23.2 Å². The van der Waals surface area contributed by atoms with E-state index in [1.807, 2.05) is 68.4 Å². The fraction of sp³-hybridized carbons (Fsp3) is 0.154. The second-order valence-electron chi connectivity index (χ2n) is 8.43. The number of ether oxygens (including phenoxy) is 1. The lowest BCUT2D eigenvalue weighted by Crippen LogP contribution is -2.31. The van der Waals surface area contributed by atoms with Crippen LogP contribution in [0.3, 0.4) is 0 Å². The van der Waals surface area contributed by atoms with Crippen molar-refractivity contribution in [1.82, 2.24) is 20.2 Å². The molecule has 8 nitrogen and oxygen atoms in total. The van der Waals surface area contributed by atoms with Gasteiger partial charge >= 0.3 is 0 Å². The van der Waals surface area contributed by atoms with Crippen LogP contribution in [0.25, 0.3) is 0 Å². The monoisotopic (exact) mass is 520 g/mol. The first kappa shape index (κ1) is 23.8. The van der Waals surface area contributed by atoms with Crippen LogP contribution in [0.2, 0.25) is 10.0 Å². The van der Waals surface area contributed by atoms with Crippen LogP contribution in [0.5, 0.6) is 5.75 Å². The topological polar surface area (TPSA) is 94.0 Å². The highest BCUT2D eigenvalue weighted by Gasteiger charge is 2.34. The normalized spacial score (nSPS) is 14.7. The van der Waals surface area contributed by atoms with Crippen molar-refractivity contribution >= 4 is 40.7 Å². The first-order chi connectivity index (χ1) is 17.4. The van der Waals surface area contributed by atoms with Crippen LogP contribution in [0.4, 0.5) is 11.6 Å². The number of fused-ring (bicyclic) bond motifs is 1. The summed E-state index contributed by atoms with van der Waals surface area (Å²) in [5, 5.41) is 19.2. The number of carbonyl (C=O) groups is 1. The van der Waals surface area contributed by atoms with Gasteiger partial charge in [0.25, 0.3) is 5.91 Å². The Balaban J connectivity index is 1.46. The van der Waals surface area contributed by atoms with E-state index in [1.165, 1.54) is 0 Å². The first-order valence-corrected chi connectivity index (χ1v) is 11.9. The molecule has 1 unspecified atom stereocenters. The number of aromatic nitrogens is 4. The number of halogens is 2. The fourth-order valence-electron chi connectivity index (χ4n) is 4.11. The van der Waals surface area contributed by atoms with Gasteiger partial charge in [-0.3, -0.25) is 4.79 Å². The van der Waals surface area contributed by atoms with Gasteiger partial charge in [0.05, 0.1) is 5.57 Å². The molecule has 0 radical (unpaired) electrons. The zero-order valence-corrected chi connectivity index (χ0v) is 21.0. The van der Waals surface area contributed by atoms with E-state index < -0.39 is 6.04 Å². The molecule has 2 heterocycles. The maximum absolute atomic E-state index is 13.5. The summed E-state index contributed by atoms with van der Waals surface area (Å²) in [6.45, 7) is 4.07. The molecule has 0 saturated heterocycles. The van der Waals surface area contributed by atoms with Crippen molar-refractivity contribution in [3.8, 4) is 5.75 Å². The second kappa shape index (κ2) is 10.0.